The summed E-state index contributed by atoms with van der Waals surface area (Å²) in [4.78, 5) is 25.7. The van der Waals surface area contributed by atoms with Gasteiger partial charge in [-0.05, 0) is 62.4 Å². The lowest BCUT2D eigenvalue weighted by atomic mass is 10.1. The number of anilines is 2. The Bertz CT molecular complexity index is 1320. The highest BCUT2D eigenvalue weighted by atomic mass is 32.2. The van der Waals surface area contributed by atoms with Gasteiger partial charge in [0.15, 0.2) is 0 Å². The van der Waals surface area contributed by atoms with Crippen molar-refractivity contribution in [1.29, 1.82) is 0 Å². The van der Waals surface area contributed by atoms with Gasteiger partial charge in [-0.1, -0.05) is 24.3 Å². The Hall–Kier alpha value is -4.05. The van der Waals surface area contributed by atoms with Gasteiger partial charge in [-0.15, -0.1) is 0 Å². The number of methoxy groups -OCH3 is 2. The van der Waals surface area contributed by atoms with Gasteiger partial charge in [0, 0.05) is 6.04 Å². The molecular weight excluding hydrogens is 482 g/mol. The number of carbonyl (C=O) groups excluding carboxylic acids is 2. The van der Waals surface area contributed by atoms with Gasteiger partial charge in [-0.25, -0.2) is 8.42 Å². The second-order valence-corrected chi connectivity index (χ2v) is 9.94. The van der Waals surface area contributed by atoms with Crippen molar-refractivity contribution in [1.82, 2.24) is 5.32 Å². The van der Waals surface area contributed by atoms with E-state index in [1.54, 1.807) is 48.5 Å². The number of sulfonamides is 1. The monoisotopic (exact) mass is 511 g/mol. The highest BCUT2D eigenvalue weighted by Crippen LogP contribution is 2.32. The smallest absolute Gasteiger partial charge is 0.264 e. The average Bonchev–Trinajstić information content (AvgIpc) is 2.87. The summed E-state index contributed by atoms with van der Waals surface area (Å²) in [6.45, 7) is 3.09. The van der Waals surface area contributed by atoms with Gasteiger partial charge in [0.1, 0.15) is 18.0 Å². The van der Waals surface area contributed by atoms with Crippen LogP contribution in [0.25, 0.3) is 0 Å². The van der Waals surface area contributed by atoms with Crippen LogP contribution in [-0.4, -0.2) is 47.0 Å². The number of para-hydroxylation sites is 3. The van der Waals surface area contributed by atoms with Crippen LogP contribution in [0.5, 0.6) is 11.5 Å². The molecular formula is C26H29N3O6S. The first-order chi connectivity index (χ1) is 17.2. The molecule has 0 saturated heterocycles. The van der Waals surface area contributed by atoms with Crippen molar-refractivity contribution < 1.29 is 27.5 Å². The van der Waals surface area contributed by atoms with Crippen LogP contribution in [0.1, 0.15) is 24.2 Å². The molecule has 0 spiro atoms. The zero-order valence-electron chi connectivity index (χ0n) is 20.5. The molecule has 0 aliphatic heterocycles. The Kier molecular flexibility index (Phi) is 8.55. The fourth-order valence-electron chi connectivity index (χ4n) is 3.46. The van der Waals surface area contributed by atoms with Crippen LogP contribution >= 0.6 is 0 Å². The molecule has 36 heavy (non-hydrogen) atoms. The van der Waals surface area contributed by atoms with Crippen LogP contribution in [0.3, 0.4) is 0 Å². The molecule has 0 fully saturated rings. The molecule has 10 heteroatoms. The number of carbonyl (C=O) groups is 2. The van der Waals surface area contributed by atoms with E-state index in [9.17, 15) is 18.0 Å². The van der Waals surface area contributed by atoms with E-state index >= 15 is 0 Å². The Balaban J connectivity index is 1.97. The van der Waals surface area contributed by atoms with E-state index in [-0.39, 0.29) is 39.5 Å². The Labute approximate surface area is 211 Å². The zero-order valence-corrected chi connectivity index (χ0v) is 21.3. The number of rotatable bonds is 10. The highest BCUT2D eigenvalue weighted by Gasteiger charge is 2.30. The molecule has 0 saturated carbocycles. The van der Waals surface area contributed by atoms with Gasteiger partial charge in [-0.3, -0.25) is 13.9 Å². The predicted molar refractivity (Wildman–Crippen MR) is 138 cm³/mol. The van der Waals surface area contributed by atoms with E-state index in [1.807, 2.05) is 13.8 Å². The third kappa shape index (κ3) is 6.14. The fraction of sp³-hybridized carbons (Fsp3) is 0.231. The van der Waals surface area contributed by atoms with Gasteiger partial charge in [0.25, 0.3) is 15.9 Å². The van der Waals surface area contributed by atoms with Crippen LogP contribution in [0.2, 0.25) is 0 Å². The summed E-state index contributed by atoms with van der Waals surface area (Å²) < 4.78 is 38.8. The van der Waals surface area contributed by atoms with E-state index < -0.39 is 22.5 Å². The maximum absolute atomic E-state index is 13.7. The lowest BCUT2D eigenvalue weighted by Gasteiger charge is -2.26. The standard InChI is InChI=1S/C26H29N3O6S/c1-18(2)27-26(31)21-9-5-6-10-22(21)28-25(30)17-29(23-11-7-8-12-24(23)35-4)36(32,33)20-15-13-19(34-3)14-16-20/h5-16,18H,17H2,1-4H3,(H,27,31)(H,28,30). The largest absolute Gasteiger partial charge is 0.497 e. The third-order valence-electron chi connectivity index (χ3n) is 5.15. The Morgan fingerprint density at radius 3 is 2.17 bits per heavy atom. The highest BCUT2D eigenvalue weighted by molar-refractivity contribution is 7.92. The number of nitrogens with zero attached hydrogens (tertiary/aromatic N) is 1. The van der Waals surface area contributed by atoms with Gasteiger partial charge >= 0.3 is 0 Å². The van der Waals surface area contributed by atoms with Crippen LogP contribution in [-0.2, 0) is 14.8 Å². The molecule has 0 atom stereocenters. The fourth-order valence-corrected chi connectivity index (χ4v) is 4.89. The summed E-state index contributed by atoms with van der Waals surface area (Å²) in [6.07, 6.45) is 0. The quantitative estimate of drug-likeness (QED) is 0.429. The summed E-state index contributed by atoms with van der Waals surface area (Å²) in [5.41, 5.74) is 0.723. The first-order valence-electron chi connectivity index (χ1n) is 11.2. The van der Waals surface area contributed by atoms with E-state index in [0.29, 0.717) is 5.75 Å². The minimum atomic E-state index is -4.18. The molecule has 0 bridgehead atoms. The molecule has 3 aromatic rings. The molecule has 0 aromatic heterocycles. The lowest BCUT2D eigenvalue weighted by molar-refractivity contribution is -0.114. The summed E-state index contributed by atoms with van der Waals surface area (Å²) >= 11 is 0. The molecule has 2 N–H and O–H groups in total. The van der Waals surface area contributed by atoms with Crippen LogP contribution < -0.4 is 24.4 Å². The van der Waals surface area contributed by atoms with Crippen molar-refractivity contribution in [3.05, 3.63) is 78.4 Å². The second-order valence-electron chi connectivity index (χ2n) is 8.08. The topological polar surface area (TPSA) is 114 Å². The molecule has 190 valence electrons. The van der Waals surface area contributed by atoms with Gasteiger partial charge < -0.3 is 20.1 Å². The molecule has 0 heterocycles. The van der Waals surface area contributed by atoms with E-state index in [4.69, 9.17) is 9.47 Å². The van der Waals surface area contributed by atoms with Gasteiger partial charge in [0.05, 0.1) is 36.1 Å². The number of hydrogen-bond donors (Lipinski definition) is 2. The molecule has 2 amide bonds. The number of benzene rings is 3. The van der Waals surface area contributed by atoms with Gasteiger partial charge in [-0.2, -0.15) is 0 Å². The predicted octanol–water partition coefficient (Wildman–Crippen LogP) is 3.68. The van der Waals surface area contributed by atoms with Crippen molar-refractivity contribution in [2.24, 2.45) is 0 Å². The number of ether oxygens (including phenoxy) is 2. The Morgan fingerprint density at radius 2 is 1.53 bits per heavy atom. The van der Waals surface area contributed by atoms with E-state index in [0.717, 1.165) is 4.31 Å². The lowest BCUT2D eigenvalue weighted by Crippen LogP contribution is -2.38. The maximum Gasteiger partial charge on any atom is 0.264 e. The van der Waals surface area contributed by atoms with Crippen LogP contribution in [0, 0.1) is 0 Å². The number of nitrogens with one attached hydrogen (secondary N) is 2. The van der Waals surface area contributed by atoms with Crippen molar-refractivity contribution in [2.75, 3.05) is 30.4 Å². The summed E-state index contributed by atoms with van der Waals surface area (Å²) in [6, 6.07) is 18.8. The molecule has 3 aromatic carbocycles. The normalized spacial score (nSPS) is 11.0. The van der Waals surface area contributed by atoms with E-state index in [2.05, 4.69) is 10.6 Å². The first-order valence-corrected chi connectivity index (χ1v) is 12.6. The zero-order chi connectivity index (χ0) is 26.3. The maximum atomic E-state index is 13.7. The van der Waals surface area contributed by atoms with Crippen LogP contribution in [0.15, 0.2) is 77.7 Å². The molecule has 0 aliphatic carbocycles. The molecule has 0 aliphatic rings. The molecule has 0 unspecified atom stereocenters. The molecule has 9 nitrogen and oxygen atoms in total. The van der Waals surface area contributed by atoms with E-state index in [1.165, 1.54) is 38.5 Å². The summed E-state index contributed by atoms with van der Waals surface area (Å²) in [7, 11) is -1.29. The Morgan fingerprint density at radius 1 is 0.889 bits per heavy atom. The van der Waals surface area contributed by atoms with Crippen LogP contribution in [0.4, 0.5) is 11.4 Å². The average molecular weight is 512 g/mol. The SMILES string of the molecule is COc1ccc(S(=O)(=O)N(CC(=O)Nc2ccccc2C(=O)NC(C)C)c2ccccc2OC)cc1. The second kappa shape index (κ2) is 11.6. The molecule has 0 radical (unpaired) electrons. The van der Waals surface area contributed by atoms with Crippen molar-refractivity contribution in [3.63, 3.8) is 0 Å². The third-order valence-corrected chi connectivity index (χ3v) is 6.93. The minimum absolute atomic E-state index is 0.0290. The van der Waals surface area contributed by atoms with Gasteiger partial charge in [0.2, 0.25) is 5.91 Å². The van der Waals surface area contributed by atoms with Crippen molar-refractivity contribution in [3.8, 4) is 11.5 Å². The summed E-state index contributed by atoms with van der Waals surface area (Å²) in [5.74, 6) is -0.220. The number of amides is 2. The number of hydrogen-bond acceptors (Lipinski definition) is 6. The summed E-state index contributed by atoms with van der Waals surface area (Å²) in [5, 5.41) is 5.46. The van der Waals surface area contributed by atoms with Crippen molar-refractivity contribution >= 4 is 33.2 Å². The molecule has 3 rings (SSSR count). The van der Waals surface area contributed by atoms with Crippen molar-refractivity contribution in [2.45, 2.75) is 24.8 Å². The first kappa shape index (κ1) is 26.6. The minimum Gasteiger partial charge on any atom is -0.497 e.